The van der Waals surface area contributed by atoms with Crippen LogP contribution in [0, 0.1) is 5.82 Å². The summed E-state index contributed by atoms with van der Waals surface area (Å²) in [6, 6.07) is 6.64. The Bertz CT molecular complexity index is 1050. The van der Waals surface area contributed by atoms with Gasteiger partial charge in [-0.05, 0) is 50.7 Å². The summed E-state index contributed by atoms with van der Waals surface area (Å²) in [5, 5.41) is 2.56. The fraction of sp³-hybridized carbons (Fsp3) is 0.409. The van der Waals surface area contributed by atoms with Gasteiger partial charge < -0.3 is 26.3 Å². The molecule has 2 heterocycles. The van der Waals surface area contributed by atoms with Crippen LogP contribution in [0.4, 0.5) is 23.2 Å². The van der Waals surface area contributed by atoms with Crippen LogP contribution in [0.2, 0.25) is 0 Å². The number of methoxy groups -OCH3 is 1. The molecule has 0 unspecified atom stereocenters. The van der Waals surface area contributed by atoms with Crippen LogP contribution in [0.15, 0.2) is 41.5 Å². The van der Waals surface area contributed by atoms with Gasteiger partial charge in [-0.15, -0.1) is 0 Å². The van der Waals surface area contributed by atoms with Crippen molar-refractivity contribution in [2.45, 2.75) is 38.1 Å². The van der Waals surface area contributed by atoms with Crippen molar-refractivity contribution < 1.29 is 31.8 Å². The fourth-order valence-corrected chi connectivity index (χ4v) is 2.97. The van der Waals surface area contributed by atoms with Crippen molar-refractivity contribution >= 4 is 17.4 Å². The SMILES string of the molecule is CCN.COc1ccc(C(=O)Nc2ccc(F)c([C@]3(C)CO[C@@](C)(C(F)(F)F)C(N)=N3)c2)nc1. The first-order valence-corrected chi connectivity index (χ1v) is 10.2. The largest absolute Gasteiger partial charge is 0.495 e. The second kappa shape index (κ2) is 10.3. The Kier molecular flexibility index (Phi) is 8.22. The molecule has 1 aliphatic rings. The molecule has 0 saturated heterocycles. The van der Waals surface area contributed by atoms with E-state index < -0.39 is 41.5 Å². The molecule has 1 aromatic heterocycles. The van der Waals surface area contributed by atoms with Crippen LogP contribution in [0.1, 0.15) is 36.8 Å². The van der Waals surface area contributed by atoms with Crippen molar-refractivity contribution in [1.29, 1.82) is 0 Å². The van der Waals surface area contributed by atoms with Gasteiger partial charge >= 0.3 is 6.18 Å². The zero-order valence-corrected chi connectivity index (χ0v) is 19.2. The Labute approximate surface area is 194 Å². The summed E-state index contributed by atoms with van der Waals surface area (Å²) in [5.41, 5.74) is 6.32. The summed E-state index contributed by atoms with van der Waals surface area (Å²) in [6.45, 7) is 4.24. The number of hydrogen-bond acceptors (Lipinski definition) is 7. The van der Waals surface area contributed by atoms with E-state index in [4.69, 9.17) is 20.9 Å². The average Bonchev–Trinajstić information content (AvgIpc) is 2.77. The number of halogens is 4. The van der Waals surface area contributed by atoms with Gasteiger partial charge in [-0.2, -0.15) is 13.2 Å². The van der Waals surface area contributed by atoms with Crippen molar-refractivity contribution in [3.05, 3.63) is 53.6 Å². The molecule has 1 aromatic carbocycles. The van der Waals surface area contributed by atoms with Crippen LogP contribution in [0.25, 0.3) is 0 Å². The molecule has 0 fully saturated rings. The van der Waals surface area contributed by atoms with E-state index in [9.17, 15) is 22.4 Å². The normalized spacial score (nSPS) is 22.2. The van der Waals surface area contributed by atoms with Crippen molar-refractivity contribution in [2.24, 2.45) is 16.5 Å². The lowest BCUT2D eigenvalue weighted by atomic mass is 9.89. The predicted molar refractivity (Wildman–Crippen MR) is 119 cm³/mol. The molecule has 34 heavy (non-hydrogen) atoms. The van der Waals surface area contributed by atoms with Gasteiger partial charge in [0.2, 0.25) is 5.60 Å². The minimum Gasteiger partial charge on any atom is -0.495 e. The summed E-state index contributed by atoms with van der Waals surface area (Å²) in [4.78, 5) is 20.3. The molecule has 8 nitrogen and oxygen atoms in total. The van der Waals surface area contributed by atoms with E-state index in [-0.39, 0.29) is 16.9 Å². The van der Waals surface area contributed by atoms with Crippen molar-refractivity contribution in [2.75, 3.05) is 25.6 Å². The molecular formula is C22H27F4N5O3. The first kappa shape index (κ1) is 27.0. The molecule has 5 N–H and O–H groups in total. The number of nitrogens with zero attached hydrogens (tertiary/aromatic N) is 2. The summed E-state index contributed by atoms with van der Waals surface area (Å²) in [6.07, 6.45) is -3.43. The zero-order chi connectivity index (χ0) is 25.7. The number of alkyl halides is 3. The van der Waals surface area contributed by atoms with Gasteiger partial charge in [0.15, 0.2) is 0 Å². The van der Waals surface area contributed by atoms with E-state index in [1.165, 1.54) is 38.4 Å². The minimum atomic E-state index is -4.79. The molecule has 1 aliphatic heterocycles. The molecule has 0 bridgehead atoms. The summed E-state index contributed by atoms with van der Waals surface area (Å²) in [7, 11) is 1.46. The van der Waals surface area contributed by atoms with Gasteiger partial charge in [0.25, 0.3) is 5.91 Å². The van der Waals surface area contributed by atoms with Gasteiger partial charge in [-0.1, -0.05) is 6.92 Å². The number of rotatable bonds is 4. The topological polar surface area (TPSA) is 125 Å². The molecule has 1 amide bonds. The lowest BCUT2D eigenvalue weighted by Crippen LogP contribution is -2.60. The predicted octanol–water partition coefficient (Wildman–Crippen LogP) is 3.37. The Balaban J connectivity index is 0.00000129. The Morgan fingerprint density at radius 3 is 2.41 bits per heavy atom. The number of nitrogens with one attached hydrogen (secondary N) is 1. The smallest absolute Gasteiger partial charge is 0.424 e. The first-order chi connectivity index (χ1) is 15.8. The molecule has 0 aliphatic carbocycles. The van der Waals surface area contributed by atoms with Gasteiger partial charge in [-0.25, -0.2) is 9.37 Å². The van der Waals surface area contributed by atoms with Gasteiger partial charge in [0.05, 0.1) is 19.9 Å². The van der Waals surface area contributed by atoms with E-state index in [1.807, 2.05) is 6.92 Å². The lowest BCUT2D eigenvalue weighted by Gasteiger charge is -2.41. The third-order valence-electron chi connectivity index (χ3n) is 5.05. The number of anilines is 1. The monoisotopic (exact) mass is 485 g/mol. The number of hydrogen-bond donors (Lipinski definition) is 3. The summed E-state index contributed by atoms with van der Waals surface area (Å²) >= 11 is 0. The van der Waals surface area contributed by atoms with Crippen molar-refractivity contribution in [3.8, 4) is 5.75 Å². The highest BCUT2D eigenvalue weighted by Gasteiger charge is 2.59. The molecular weight excluding hydrogens is 458 g/mol. The number of amidine groups is 1. The highest BCUT2D eigenvalue weighted by molar-refractivity contribution is 6.03. The van der Waals surface area contributed by atoms with Crippen LogP contribution < -0.4 is 21.5 Å². The fourth-order valence-electron chi connectivity index (χ4n) is 2.97. The van der Waals surface area contributed by atoms with Crippen LogP contribution in [0.3, 0.4) is 0 Å². The number of nitrogens with two attached hydrogens (primary N) is 2. The number of carbonyl (C=O) groups excluding carboxylic acids is 1. The minimum absolute atomic E-state index is 0.0832. The number of carbonyl (C=O) groups is 1. The highest BCUT2D eigenvalue weighted by Crippen LogP contribution is 2.41. The van der Waals surface area contributed by atoms with Crippen LogP contribution in [-0.4, -0.2) is 48.8 Å². The summed E-state index contributed by atoms with van der Waals surface area (Å²) in [5.74, 6) is -1.66. The van der Waals surface area contributed by atoms with Crippen molar-refractivity contribution in [3.63, 3.8) is 0 Å². The van der Waals surface area contributed by atoms with Gasteiger partial charge in [0.1, 0.15) is 28.6 Å². The Morgan fingerprint density at radius 2 is 1.91 bits per heavy atom. The molecule has 0 saturated carbocycles. The molecule has 2 atom stereocenters. The number of benzene rings is 1. The third-order valence-corrected chi connectivity index (χ3v) is 5.05. The number of aromatic nitrogens is 1. The van der Waals surface area contributed by atoms with E-state index >= 15 is 0 Å². The standard InChI is InChI=1S/C20H20F4N4O3.C2H7N/c1-18(10-31-19(2,17(25)28-18)20(22,23)24)13-8-11(4-6-14(13)21)27-16(29)15-7-5-12(30-3)9-26-15;1-2-3/h4-9H,10H2,1-3H3,(H2,25,28)(H,27,29);2-3H2,1H3/t18-,19+;/m0./s1. The van der Waals surface area contributed by atoms with E-state index in [1.54, 1.807) is 6.07 Å². The maximum atomic E-state index is 14.6. The van der Waals surface area contributed by atoms with Crippen LogP contribution >= 0.6 is 0 Å². The lowest BCUT2D eigenvalue weighted by molar-refractivity contribution is -0.249. The number of aliphatic imine (C=N–C) groups is 1. The van der Waals surface area contributed by atoms with Crippen molar-refractivity contribution in [1.82, 2.24) is 4.98 Å². The quantitative estimate of drug-likeness (QED) is 0.571. The van der Waals surface area contributed by atoms with E-state index in [0.29, 0.717) is 5.75 Å². The molecule has 186 valence electrons. The Hall–Kier alpha value is -3.25. The van der Waals surface area contributed by atoms with Gasteiger partial charge in [-0.3, -0.25) is 9.79 Å². The number of ether oxygens (including phenoxy) is 2. The molecule has 12 heteroatoms. The first-order valence-electron chi connectivity index (χ1n) is 10.2. The van der Waals surface area contributed by atoms with E-state index in [2.05, 4.69) is 15.3 Å². The third kappa shape index (κ3) is 5.62. The van der Waals surface area contributed by atoms with Gasteiger partial charge in [0, 0.05) is 11.3 Å². The average molecular weight is 485 g/mol. The summed E-state index contributed by atoms with van der Waals surface area (Å²) < 4.78 is 64.5. The molecule has 2 aromatic rings. The Morgan fingerprint density at radius 1 is 1.26 bits per heavy atom. The second-order valence-corrected chi connectivity index (χ2v) is 7.73. The maximum Gasteiger partial charge on any atom is 0.424 e. The van der Waals surface area contributed by atoms with E-state index in [0.717, 1.165) is 19.5 Å². The molecule has 0 spiro atoms. The number of amides is 1. The zero-order valence-electron chi connectivity index (χ0n) is 19.2. The number of pyridine rings is 1. The van der Waals surface area contributed by atoms with Crippen LogP contribution in [-0.2, 0) is 10.3 Å². The molecule has 3 rings (SSSR count). The van der Waals surface area contributed by atoms with Crippen LogP contribution in [0.5, 0.6) is 5.75 Å². The molecule has 0 radical (unpaired) electrons. The second-order valence-electron chi connectivity index (χ2n) is 7.73. The maximum absolute atomic E-state index is 14.6. The highest BCUT2D eigenvalue weighted by atomic mass is 19.4.